The zero-order chi connectivity index (χ0) is 36.4. The van der Waals surface area contributed by atoms with Crippen molar-refractivity contribution in [3.63, 3.8) is 0 Å². The molecule has 0 N–H and O–H groups in total. The van der Waals surface area contributed by atoms with Crippen molar-refractivity contribution in [3.8, 4) is 0 Å². The molecule has 6 heteroatoms. The van der Waals surface area contributed by atoms with E-state index < -0.39 is 0 Å². The summed E-state index contributed by atoms with van der Waals surface area (Å²) in [6, 6.07) is 7.64. The zero-order valence-electron chi connectivity index (χ0n) is 33.4. The van der Waals surface area contributed by atoms with E-state index in [9.17, 15) is 9.59 Å². The van der Waals surface area contributed by atoms with Crippen molar-refractivity contribution in [2.24, 2.45) is 14.1 Å². The van der Waals surface area contributed by atoms with Gasteiger partial charge in [0.25, 0.3) is 11.1 Å². The molecule has 3 rings (SSSR count). The van der Waals surface area contributed by atoms with Crippen LogP contribution in [0.5, 0.6) is 0 Å². The lowest BCUT2D eigenvalue weighted by molar-refractivity contribution is 0.534. The Morgan fingerprint density at radius 1 is 0.479 bits per heavy atom. The molecule has 0 radical (unpaired) electrons. The molecule has 0 saturated heterocycles. The summed E-state index contributed by atoms with van der Waals surface area (Å²) in [6.45, 7) is 16.9. The molecule has 0 fully saturated rings. The van der Waals surface area contributed by atoms with Crippen molar-refractivity contribution in [3.05, 3.63) is 55.4 Å². The van der Waals surface area contributed by atoms with Crippen LogP contribution in [0, 0.1) is 13.8 Å². The molecular weight excluding hydrogens is 629 g/mol. The van der Waals surface area contributed by atoms with E-state index in [1.807, 2.05) is 52.0 Å². The lowest BCUT2D eigenvalue weighted by Gasteiger charge is -2.02. The summed E-state index contributed by atoms with van der Waals surface area (Å²) in [6.07, 6.45) is 31.9. The van der Waals surface area contributed by atoms with Crippen LogP contribution in [0.25, 0.3) is 10.1 Å². The molecule has 0 aliphatic heterocycles. The van der Waals surface area contributed by atoms with Gasteiger partial charge in [-0.15, -0.1) is 0 Å². The van der Waals surface area contributed by atoms with Gasteiger partial charge in [0.15, 0.2) is 0 Å². The lowest BCUT2D eigenvalue weighted by Crippen LogP contribution is -2.10. The summed E-state index contributed by atoms with van der Waals surface area (Å²) < 4.78 is 4.34. The van der Waals surface area contributed by atoms with Crippen molar-refractivity contribution in [1.82, 2.24) is 7.91 Å². The van der Waals surface area contributed by atoms with Crippen LogP contribution in [-0.4, -0.2) is 7.91 Å². The summed E-state index contributed by atoms with van der Waals surface area (Å²) in [5, 5.41) is 0.819. The highest BCUT2D eigenvalue weighted by atomic mass is 32.1. The molecule has 0 aliphatic rings. The molecular formula is C42H78N2O2S2. The van der Waals surface area contributed by atoms with E-state index in [0.717, 1.165) is 20.5 Å². The number of nitrogens with zero attached hydrogens (tertiary/aromatic N) is 2. The van der Waals surface area contributed by atoms with Gasteiger partial charge >= 0.3 is 0 Å². The highest BCUT2D eigenvalue weighted by molar-refractivity contribution is 7.13. The second-order valence-corrected chi connectivity index (χ2v) is 15.3. The van der Waals surface area contributed by atoms with Gasteiger partial charge in [-0.1, -0.05) is 218 Å². The van der Waals surface area contributed by atoms with E-state index in [1.54, 1.807) is 22.0 Å². The summed E-state index contributed by atoms with van der Waals surface area (Å²) in [5.41, 5.74) is 1.12. The topological polar surface area (TPSA) is 44.0 Å². The Morgan fingerprint density at radius 3 is 1.04 bits per heavy atom. The molecule has 4 nitrogen and oxygen atoms in total. The minimum Gasteiger partial charge on any atom is -0.268 e. The highest BCUT2D eigenvalue weighted by Crippen LogP contribution is 2.15. The van der Waals surface area contributed by atoms with Crippen molar-refractivity contribution >= 4 is 33.2 Å². The van der Waals surface area contributed by atoms with Crippen LogP contribution in [0.1, 0.15) is 193 Å². The maximum atomic E-state index is 11.3. The maximum Gasteiger partial charge on any atom is 0.268 e. The third kappa shape index (κ3) is 25.3. The van der Waals surface area contributed by atoms with E-state index in [-0.39, 0.29) is 11.1 Å². The number of rotatable bonds is 20. The molecule has 0 saturated carbocycles. The Bertz CT molecular complexity index is 1180. The van der Waals surface area contributed by atoms with Gasteiger partial charge < -0.3 is 0 Å². The van der Waals surface area contributed by atoms with E-state index in [0.29, 0.717) is 0 Å². The van der Waals surface area contributed by atoms with Crippen molar-refractivity contribution < 1.29 is 0 Å². The minimum atomic E-state index is 0.102. The van der Waals surface area contributed by atoms with Gasteiger partial charge in [-0.3, -0.25) is 17.5 Å². The van der Waals surface area contributed by atoms with Gasteiger partial charge in [-0.05, 0) is 26.0 Å². The standard InChI is InChI=1S/C17H36.C9H20.C8H7NOS.C6H9NOS.C2H6/c1-3-5-7-9-11-13-15-17-16-14-12-10-8-6-4-2;1-3-5-7-9-8-6-4-2;1-9-8(10)6-4-2-3-5-7(6)11-9;1-4-5(2)9-7(3)6(4)8;1-2/h3-17H2,1-2H3;3-9H2,1-2H3;2-5H,1H3;1-3H3;1-2H3. The van der Waals surface area contributed by atoms with Gasteiger partial charge in [0.1, 0.15) is 0 Å². The zero-order valence-corrected chi connectivity index (χ0v) is 35.0. The fourth-order valence-corrected chi connectivity index (χ4v) is 6.98. The molecule has 2 heterocycles. The first-order valence-corrected chi connectivity index (χ1v) is 21.5. The number of hydrogen-bond acceptors (Lipinski definition) is 4. The Balaban J connectivity index is 0. The molecule has 0 amide bonds. The largest absolute Gasteiger partial charge is 0.268 e. The fourth-order valence-electron chi connectivity index (χ4n) is 5.26. The number of fused-ring (bicyclic) bond motifs is 1. The fraction of sp³-hybridized carbons (Fsp3) is 0.762. The highest BCUT2D eigenvalue weighted by Gasteiger charge is 2.02. The average molecular weight is 707 g/mol. The van der Waals surface area contributed by atoms with Gasteiger partial charge in [-0.2, -0.15) is 0 Å². The van der Waals surface area contributed by atoms with E-state index >= 15 is 0 Å². The SMILES string of the molecule is CC.CCCCCCCCC.CCCCCCCCCCCCCCCCC.Cc1sn(C)c(=O)c1C.Cn1sc2ccccc2c1=O. The Labute approximate surface area is 306 Å². The first kappa shape index (κ1) is 48.5. The molecule has 2 aromatic heterocycles. The second kappa shape index (κ2) is 35.2. The van der Waals surface area contributed by atoms with E-state index in [1.165, 1.54) is 164 Å². The summed E-state index contributed by atoms with van der Waals surface area (Å²) in [4.78, 5) is 23.4. The summed E-state index contributed by atoms with van der Waals surface area (Å²) >= 11 is 2.98. The van der Waals surface area contributed by atoms with Crippen molar-refractivity contribution in [2.75, 3.05) is 0 Å². The molecule has 48 heavy (non-hydrogen) atoms. The van der Waals surface area contributed by atoms with Crippen LogP contribution in [0.15, 0.2) is 33.9 Å². The molecule has 1 aromatic carbocycles. The normalized spacial score (nSPS) is 10.2. The maximum absolute atomic E-state index is 11.3. The third-order valence-corrected chi connectivity index (χ3v) is 10.5. The predicted molar refractivity (Wildman–Crippen MR) is 222 cm³/mol. The minimum absolute atomic E-state index is 0.102. The van der Waals surface area contributed by atoms with E-state index in [4.69, 9.17) is 0 Å². The average Bonchev–Trinajstić information content (AvgIpc) is 3.52. The first-order chi connectivity index (χ1) is 23.2. The quantitative estimate of drug-likeness (QED) is 0.110. The first-order valence-electron chi connectivity index (χ1n) is 19.9. The van der Waals surface area contributed by atoms with Crippen LogP contribution in [-0.2, 0) is 14.1 Å². The molecule has 3 aromatic rings. The Kier molecular flexibility index (Phi) is 35.5. The van der Waals surface area contributed by atoms with Gasteiger partial charge in [0.05, 0.1) is 10.1 Å². The summed E-state index contributed by atoms with van der Waals surface area (Å²) in [7, 11) is 3.57. The summed E-state index contributed by atoms with van der Waals surface area (Å²) in [5.74, 6) is 0. The van der Waals surface area contributed by atoms with Gasteiger partial charge in [-0.25, -0.2) is 0 Å². The molecule has 0 aliphatic carbocycles. The van der Waals surface area contributed by atoms with Crippen LogP contribution in [0.2, 0.25) is 0 Å². The monoisotopic (exact) mass is 707 g/mol. The second-order valence-electron chi connectivity index (χ2n) is 12.8. The molecule has 0 spiro atoms. The number of unbranched alkanes of at least 4 members (excludes halogenated alkanes) is 20. The molecule has 0 atom stereocenters. The number of aryl methyl sites for hydroxylation is 3. The number of hydrogen-bond donors (Lipinski definition) is 0. The van der Waals surface area contributed by atoms with Crippen LogP contribution in [0.4, 0.5) is 0 Å². The molecule has 280 valence electrons. The number of aromatic nitrogens is 2. The third-order valence-electron chi connectivity index (χ3n) is 8.46. The number of benzene rings is 1. The molecule has 0 bridgehead atoms. The van der Waals surface area contributed by atoms with Gasteiger partial charge in [0.2, 0.25) is 0 Å². The molecule has 0 unspecified atom stereocenters. The van der Waals surface area contributed by atoms with E-state index in [2.05, 4.69) is 27.7 Å². The van der Waals surface area contributed by atoms with Crippen molar-refractivity contribution in [2.45, 2.75) is 197 Å². The Hall–Kier alpha value is -1.66. The lowest BCUT2D eigenvalue weighted by atomic mass is 10.0. The van der Waals surface area contributed by atoms with Crippen LogP contribution >= 0.6 is 23.1 Å². The Morgan fingerprint density at radius 2 is 0.792 bits per heavy atom. The van der Waals surface area contributed by atoms with Crippen LogP contribution < -0.4 is 11.1 Å². The van der Waals surface area contributed by atoms with Crippen LogP contribution in [0.3, 0.4) is 0 Å². The smallest absolute Gasteiger partial charge is 0.268 e. The predicted octanol–water partition coefficient (Wildman–Crippen LogP) is 14.3. The van der Waals surface area contributed by atoms with Crippen molar-refractivity contribution in [1.29, 1.82) is 0 Å². The van der Waals surface area contributed by atoms with Gasteiger partial charge in [0, 0.05) is 24.5 Å².